The number of nitrogens with one attached hydrogen (secondary N) is 2. The van der Waals surface area contributed by atoms with Crippen molar-refractivity contribution in [2.45, 2.75) is 32.6 Å². The van der Waals surface area contributed by atoms with Crippen LogP contribution in [0.4, 0.5) is 0 Å². The van der Waals surface area contributed by atoms with Crippen molar-refractivity contribution in [3.8, 4) is 11.5 Å². The van der Waals surface area contributed by atoms with Crippen LogP contribution in [0, 0.1) is 0 Å². The van der Waals surface area contributed by atoms with Crippen LogP contribution in [0.1, 0.15) is 43.0 Å². The molecule has 0 saturated heterocycles. The van der Waals surface area contributed by atoms with Crippen molar-refractivity contribution in [1.29, 1.82) is 0 Å². The summed E-state index contributed by atoms with van der Waals surface area (Å²) in [6.07, 6.45) is 4.49. The van der Waals surface area contributed by atoms with Gasteiger partial charge in [0.05, 0.1) is 16.1 Å². The summed E-state index contributed by atoms with van der Waals surface area (Å²) in [4.78, 5) is 24.1. The second kappa shape index (κ2) is 12.3. The van der Waals surface area contributed by atoms with Gasteiger partial charge < -0.3 is 9.47 Å². The lowest BCUT2D eigenvalue weighted by atomic mass is 10.2. The van der Waals surface area contributed by atoms with Gasteiger partial charge in [0.2, 0.25) is 0 Å². The lowest BCUT2D eigenvalue weighted by Crippen LogP contribution is -2.43. The molecule has 0 aliphatic heterocycles. The van der Waals surface area contributed by atoms with Crippen molar-refractivity contribution in [3.63, 3.8) is 0 Å². The molecule has 0 heterocycles. The summed E-state index contributed by atoms with van der Waals surface area (Å²) in [6.45, 7) is 2.51. The van der Waals surface area contributed by atoms with E-state index in [1.807, 2.05) is 0 Å². The predicted octanol–water partition coefficient (Wildman–Crippen LogP) is 4.90. The van der Waals surface area contributed by atoms with Crippen LogP contribution in [0.3, 0.4) is 0 Å². The molecule has 0 bridgehead atoms. The molecule has 0 saturated carbocycles. The van der Waals surface area contributed by atoms with Crippen molar-refractivity contribution in [2.24, 2.45) is 0 Å². The van der Waals surface area contributed by atoms with Crippen LogP contribution in [-0.2, 0) is 4.79 Å². The van der Waals surface area contributed by atoms with Crippen molar-refractivity contribution >= 4 is 39.3 Å². The molecule has 0 atom stereocenters. The van der Waals surface area contributed by atoms with E-state index in [1.165, 1.54) is 12.8 Å². The molecule has 156 valence electrons. The fourth-order valence-corrected chi connectivity index (χ4v) is 3.09. The van der Waals surface area contributed by atoms with Gasteiger partial charge in [-0.15, -0.1) is 0 Å². The van der Waals surface area contributed by atoms with Gasteiger partial charge in [-0.1, -0.05) is 49.9 Å². The highest BCUT2D eigenvalue weighted by molar-refractivity contribution is 9.10. The van der Waals surface area contributed by atoms with Crippen LogP contribution in [0.2, 0.25) is 5.02 Å². The Hall–Kier alpha value is -2.25. The first-order chi connectivity index (χ1) is 14.0. The largest absolute Gasteiger partial charge is 0.492 e. The number of halogens is 2. The van der Waals surface area contributed by atoms with Crippen LogP contribution in [-0.4, -0.2) is 25.0 Å². The lowest BCUT2D eigenvalue weighted by Gasteiger charge is -2.11. The molecule has 0 aliphatic rings. The third-order valence-electron chi connectivity index (χ3n) is 3.96. The second-order valence-electron chi connectivity index (χ2n) is 6.28. The Kier molecular flexibility index (Phi) is 9.80. The van der Waals surface area contributed by atoms with Gasteiger partial charge in [-0.25, -0.2) is 0 Å². The zero-order chi connectivity index (χ0) is 21.1. The number of benzene rings is 2. The van der Waals surface area contributed by atoms with E-state index in [1.54, 1.807) is 42.5 Å². The van der Waals surface area contributed by atoms with E-state index < -0.39 is 11.8 Å². The van der Waals surface area contributed by atoms with Crippen molar-refractivity contribution in [3.05, 3.63) is 57.5 Å². The quantitative estimate of drug-likeness (QED) is 0.372. The first-order valence-corrected chi connectivity index (χ1v) is 10.6. The monoisotopic (exact) mass is 482 g/mol. The first-order valence-electron chi connectivity index (χ1n) is 9.40. The number of hydrazine groups is 1. The smallest absolute Gasteiger partial charge is 0.276 e. The molecule has 6 nitrogen and oxygen atoms in total. The number of rotatable bonds is 10. The molecule has 2 aromatic rings. The molecule has 2 rings (SSSR count). The number of hydrogen-bond acceptors (Lipinski definition) is 4. The Labute approximate surface area is 184 Å². The highest BCUT2D eigenvalue weighted by Gasteiger charge is 2.11. The number of para-hydroxylation sites is 1. The van der Waals surface area contributed by atoms with Gasteiger partial charge in [-0.3, -0.25) is 20.4 Å². The molecule has 2 aromatic carbocycles. The molecule has 8 heteroatoms. The molecular weight excluding hydrogens is 460 g/mol. The summed E-state index contributed by atoms with van der Waals surface area (Å²) in [5.74, 6) is 0.107. The van der Waals surface area contributed by atoms with Crippen LogP contribution in [0.5, 0.6) is 11.5 Å². The number of carbonyl (C=O) groups excluding carboxylic acids is 2. The minimum Gasteiger partial charge on any atom is -0.492 e. The maximum absolute atomic E-state index is 12.2. The molecule has 2 amide bonds. The number of carbonyl (C=O) groups is 2. The second-order valence-corrected chi connectivity index (χ2v) is 7.54. The van der Waals surface area contributed by atoms with Gasteiger partial charge in [0, 0.05) is 5.56 Å². The van der Waals surface area contributed by atoms with E-state index in [0.29, 0.717) is 33.2 Å². The fourth-order valence-electron chi connectivity index (χ4n) is 2.41. The van der Waals surface area contributed by atoms with Gasteiger partial charge >= 0.3 is 0 Å². The summed E-state index contributed by atoms with van der Waals surface area (Å²) in [5, 5.41) is 0.404. The number of amides is 2. The Bertz CT molecular complexity index is 832. The van der Waals surface area contributed by atoms with E-state index >= 15 is 0 Å². The van der Waals surface area contributed by atoms with Gasteiger partial charge in [0.25, 0.3) is 11.8 Å². The van der Waals surface area contributed by atoms with E-state index in [-0.39, 0.29) is 6.61 Å². The van der Waals surface area contributed by atoms with Gasteiger partial charge in [-0.05, 0) is 52.7 Å². The summed E-state index contributed by atoms with van der Waals surface area (Å²) >= 11 is 9.37. The number of unbranched alkanes of at least 4 members (excludes halogenated alkanes) is 3. The van der Waals surface area contributed by atoms with Crippen molar-refractivity contribution < 1.29 is 19.1 Å². The summed E-state index contributed by atoms with van der Waals surface area (Å²) < 4.78 is 11.7. The Morgan fingerprint density at radius 1 is 1.00 bits per heavy atom. The normalized spacial score (nSPS) is 10.3. The minimum absolute atomic E-state index is 0.279. The van der Waals surface area contributed by atoms with Crippen LogP contribution in [0.15, 0.2) is 46.9 Å². The number of ether oxygens (including phenoxy) is 2. The summed E-state index contributed by atoms with van der Waals surface area (Å²) in [6, 6.07) is 11.8. The average molecular weight is 484 g/mol. The Morgan fingerprint density at radius 2 is 1.79 bits per heavy atom. The van der Waals surface area contributed by atoms with Crippen LogP contribution < -0.4 is 20.3 Å². The molecule has 0 fully saturated rings. The van der Waals surface area contributed by atoms with Gasteiger partial charge in [-0.2, -0.15) is 0 Å². The first kappa shape index (κ1) is 23.0. The maximum Gasteiger partial charge on any atom is 0.276 e. The SMILES string of the molecule is CCCCCCOc1ccc(C(=O)NNC(=O)COc2ccccc2Cl)cc1Br. The number of hydrogen-bond donors (Lipinski definition) is 2. The Morgan fingerprint density at radius 3 is 2.52 bits per heavy atom. The molecule has 0 aliphatic carbocycles. The minimum atomic E-state index is -0.510. The summed E-state index contributed by atoms with van der Waals surface area (Å²) in [7, 11) is 0. The topological polar surface area (TPSA) is 76.7 Å². The standard InChI is InChI=1S/C21H24BrClN2O4/c1-2-3-4-7-12-28-18-11-10-15(13-16(18)22)21(27)25-24-20(26)14-29-19-9-6-5-8-17(19)23/h5-6,8-11,13H,2-4,7,12,14H2,1H3,(H,24,26)(H,25,27). The predicted molar refractivity (Wildman–Crippen MR) is 116 cm³/mol. The molecule has 0 spiro atoms. The molecule has 0 radical (unpaired) electrons. The highest BCUT2D eigenvalue weighted by Crippen LogP contribution is 2.26. The zero-order valence-corrected chi connectivity index (χ0v) is 18.5. The maximum atomic E-state index is 12.2. The van der Waals surface area contributed by atoms with E-state index in [4.69, 9.17) is 21.1 Å². The van der Waals surface area contributed by atoms with Crippen LogP contribution >= 0.6 is 27.5 Å². The van der Waals surface area contributed by atoms with Crippen molar-refractivity contribution in [1.82, 2.24) is 10.9 Å². The molecule has 0 unspecified atom stereocenters. The third-order valence-corrected chi connectivity index (χ3v) is 4.89. The van der Waals surface area contributed by atoms with Crippen molar-refractivity contribution in [2.75, 3.05) is 13.2 Å². The molecule has 2 N–H and O–H groups in total. The van der Waals surface area contributed by atoms with Gasteiger partial charge in [0.1, 0.15) is 11.5 Å². The summed E-state index contributed by atoms with van der Waals surface area (Å²) in [5.41, 5.74) is 5.03. The van der Waals surface area contributed by atoms with E-state index in [9.17, 15) is 9.59 Å². The van der Waals surface area contributed by atoms with E-state index in [2.05, 4.69) is 33.7 Å². The fraction of sp³-hybridized carbons (Fsp3) is 0.333. The van der Waals surface area contributed by atoms with E-state index in [0.717, 1.165) is 12.8 Å². The van der Waals surface area contributed by atoms with Gasteiger partial charge in [0.15, 0.2) is 6.61 Å². The average Bonchev–Trinajstić information content (AvgIpc) is 2.72. The third kappa shape index (κ3) is 7.95. The lowest BCUT2D eigenvalue weighted by molar-refractivity contribution is -0.123. The highest BCUT2D eigenvalue weighted by atomic mass is 79.9. The van der Waals surface area contributed by atoms with Crippen LogP contribution in [0.25, 0.3) is 0 Å². The Balaban J connectivity index is 1.77. The molecule has 0 aromatic heterocycles. The zero-order valence-electron chi connectivity index (χ0n) is 16.2. The molecule has 29 heavy (non-hydrogen) atoms. The molecular formula is C21H24BrClN2O4.